The van der Waals surface area contributed by atoms with Gasteiger partial charge in [-0.15, -0.1) is 12.4 Å². The molecule has 120 valence electrons. The van der Waals surface area contributed by atoms with E-state index >= 15 is 0 Å². The Bertz CT molecular complexity index is 551. The van der Waals surface area contributed by atoms with Crippen LogP contribution in [0.15, 0.2) is 35.2 Å². The van der Waals surface area contributed by atoms with E-state index in [1.807, 2.05) is 6.92 Å². The van der Waals surface area contributed by atoms with Crippen molar-refractivity contribution in [2.75, 3.05) is 6.54 Å². The fourth-order valence-electron chi connectivity index (χ4n) is 1.83. The van der Waals surface area contributed by atoms with Crippen molar-refractivity contribution in [2.24, 2.45) is 5.73 Å². The molecule has 0 fully saturated rings. The van der Waals surface area contributed by atoms with Gasteiger partial charge in [0.25, 0.3) is 0 Å². The molecule has 0 aliphatic carbocycles. The molecule has 0 heterocycles. The van der Waals surface area contributed by atoms with Crippen LogP contribution in [0.3, 0.4) is 0 Å². The molecule has 0 radical (unpaired) electrons. The van der Waals surface area contributed by atoms with Gasteiger partial charge in [0.05, 0.1) is 4.90 Å². The minimum absolute atomic E-state index is 0. The van der Waals surface area contributed by atoms with Crippen LogP contribution in [-0.2, 0) is 14.8 Å². The Kier molecular flexibility index (Phi) is 7.87. The second kappa shape index (κ2) is 8.33. The number of carboxylic acid groups (broad SMARTS) is 1. The minimum Gasteiger partial charge on any atom is -0.480 e. The van der Waals surface area contributed by atoms with Gasteiger partial charge in [-0.25, -0.2) is 8.42 Å². The molecule has 0 unspecified atom stereocenters. The summed E-state index contributed by atoms with van der Waals surface area (Å²) in [5.41, 5.74) is 3.86. The third kappa shape index (κ3) is 4.96. The lowest BCUT2D eigenvalue weighted by Gasteiger charge is -2.28. The molecule has 0 aliphatic heterocycles. The summed E-state index contributed by atoms with van der Waals surface area (Å²) >= 11 is 0. The van der Waals surface area contributed by atoms with Gasteiger partial charge < -0.3 is 10.8 Å². The van der Waals surface area contributed by atoms with E-state index in [2.05, 4.69) is 4.72 Å². The molecule has 0 aliphatic rings. The number of halogens is 1. The molecule has 0 amide bonds. The molecule has 21 heavy (non-hydrogen) atoms. The average Bonchev–Trinajstić information content (AvgIpc) is 2.44. The van der Waals surface area contributed by atoms with Gasteiger partial charge >= 0.3 is 5.97 Å². The van der Waals surface area contributed by atoms with Crippen LogP contribution in [0.5, 0.6) is 0 Å². The Morgan fingerprint density at radius 3 is 2.33 bits per heavy atom. The highest BCUT2D eigenvalue weighted by atomic mass is 35.5. The van der Waals surface area contributed by atoms with Crippen LogP contribution in [0, 0.1) is 0 Å². The Balaban J connectivity index is 0.00000400. The zero-order valence-electron chi connectivity index (χ0n) is 11.8. The van der Waals surface area contributed by atoms with Crippen molar-refractivity contribution < 1.29 is 18.3 Å². The largest absolute Gasteiger partial charge is 0.480 e. The molecule has 0 bridgehead atoms. The van der Waals surface area contributed by atoms with Gasteiger partial charge in [-0.3, -0.25) is 4.79 Å². The number of carbonyl (C=O) groups is 1. The summed E-state index contributed by atoms with van der Waals surface area (Å²) in [7, 11) is -3.92. The van der Waals surface area contributed by atoms with Crippen molar-refractivity contribution in [3.05, 3.63) is 30.3 Å². The van der Waals surface area contributed by atoms with Gasteiger partial charge in [0.2, 0.25) is 10.0 Å². The molecule has 1 aromatic carbocycles. The third-order valence-corrected chi connectivity index (χ3v) is 4.65. The van der Waals surface area contributed by atoms with Crippen LogP contribution in [0.2, 0.25) is 0 Å². The van der Waals surface area contributed by atoms with E-state index in [1.54, 1.807) is 18.2 Å². The fraction of sp³-hybridized carbons (Fsp3) is 0.462. The van der Waals surface area contributed by atoms with Gasteiger partial charge in [0, 0.05) is 6.54 Å². The van der Waals surface area contributed by atoms with E-state index in [0.717, 1.165) is 6.42 Å². The third-order valence-electron chi connectivity index (χ3n) is 3.10. The number of rotatable bonds is 8. The summed E-state index contributed by atoms with van der Waals surface area (Å²) in [6.45, 7) is 1.60. The van der Waals surface area contributed by atoms with Crippen LogP contribution >= 0.6 is 12.4 Å². The summed E-state index contributed by atoms with van der Waals surface area (Å²) in [6.07, 6.45) is 1.48. The number of hydrogen-bond acceptors (Lipinski definition) is 4. The van der Waals surface area contributed by atoms with Crippen LogP contribution in [0.25, 0.3) is 0 Å². The molecular formula is C13H21ClN2O4S. The predicted molar refractivity (Wildman–Crippen MR) is 83.0 cm³/mol. The second-order valence-corrected chi connectivity index (χ2v) is 6.30. The number of nitrogens with two attached hydrogens (primary N) is 1. The van der Waals surface area contributed by atoms with Crippen LogP contribution in [0.4, 0.5) is 0 Å². The minimum atomic E-state index is -3.92. The van der Waals surface area contributed by atoms with Crippen molar-refractivity contribution >= 4 is 28.4 Å². The molecule has 1 aromatic rings. The van der Waals surface area contributed by atoms with E-state index < -0.39 is 21.5 Å². The maximum Gasteiger partial charge on any atom is 0.326 e. The summed E-state index contributed by atoms with van der Waals surface area (Å²) in [6, 6.07) is 7.65. The summed E-state index contributed by atoms with van der Waals surface area (Å²) in [5, 5.41) is 9.35. The molecule has 0 saturated carbocycles. The number of sulfonamides is 1. The van der Waals surface area contributed by atoms with Gasteiger partial charge in [0.1, 0.15) is 5.54 Å². The van der Waals surface area contributed by atoms with Crippen LogP contribution in [-0.4, -0.2) is 31.6 Å². The normalized spacial score (nSPS) is 14.0. The topological polar surface area (TPSA) is 109 Å². The quantitative estimate of drug-likeness (QED) is 0.664. The fourth-order valence-corrected chi connectivity index (χ4v) is 3.25. The van der Waals surface area contributed by atoms with E-state index in [4.69, 9.17) is 5.73 Å². The summed E-state index contributed by atoms with van der Waals surface area (Å²) in [5.74, 6) is -1.26. The smallest absolute Gasteiger partial charge is 0.326 e. The van der Waals surface area contributed by atoms with E-state index in [0.29, 0.717) is 6.42 Å². The van der Waals surface area contributed by atoms with Crippen molar-refractivity contribution in [3.8, 4) is 0 Å². The van der Waals surface area contributed by atoms with Gasteiger partial charge in [-0.2, -0.15) is 4.72 Å². The lowest BCUT2D eigenvalue weighted by atomic mass is 9.94. The lowest BCUT2D eigenvalue weighted by molar-refractivity contribution is -0.144. The predicted octanol–water partition coefficient (Wildman–Crippen LogP) is 1.36. The number of benzene rings is 1. The van der Waals surface area contributed by atoms with Crippen LogP contribution in [0.1, 0.15) is 26.2 Å². The monoisotopic (exact) mass is 336 g/mol. The highest BCUT2D eigenvalue weighted by Gasteiger charge is 2.40. The summed E-state index contributed by atoms with van der Waals surface area (Å²) < 4.78 is 26.7. The standard InChI is InChI=1S/C13H20N2O4S.ClH/c1-2-3-9-13(10-14,12(16)17)15-20(18,19)11-7-5-4-6-8-11;/h4-8,15H,2-3,9-10,14H2,1H3,(H,16,17);1H/t13-;/m0./s1. The van der Waals surface area contributed by atoms with E-state index in [1.165, 1.54) is 12.1 Å². The Hall–Kier alpha value is -1.15. The maximum atomic E-state index is 12.2. The first-order valence-electron chi connectivity index (χ1n) is 6.40. The molecule has 1 rings (SSSR count). The van der Waals surface area contributed by atoms with Crippen molar-refractivity contribution in [1.29, 1.82) is 0 Å². The first kappa shape index (κ1) is 19.9. The van der Waals surface area contributed by atoms with Gasteiger partial charge in [0.15, 0.2) is 0 Å². The lowest BCUT2D eigenvalue weighted by Crippen LogP contribution is -2.59. The molecule has 0 aromatic heterocycles. The van der Waals surface area contributed by atoms with Gasteiger partial charge in [-0.1, -0.05) is 38.0 Å². The highest BCUT2D eigenvalue weighted by molar-refractivity contribution is 7.89. The molecule has 0 spiro atoms. The van der Waals surface area contributed by atoms with Crippen molar-refractivity contribution in [3.63, 3.8) is 0 Å². The molecular weight excluding hydrogens is 316 g/mol. The van der Waals surface area contributed by atoms with Crippen molar-refractivity contribution in [1.82, 2.24) is 4.72 Å². The Labute approximate surface area is 131 Å². The maximum absolute atomic E-state index is 12.2. The number of carboxylic acids is 1. The number of hydrogen-bond donors (Lipinski definition) is 3. The molecule has 6 nitrogen and oxygen atoms in total. The second-order valence-electron chi connectivity index (χ2n) is 4.61. The molecule has 1 atom stereocenters. The van der Waals surface area contributed by atoms with E-state index in [9.17, 15) is 18.3 Å². The SMILES string of the molecule is CCCC[C@@](CN)(NS(=O)(=O)c1ccccc1)C(=O)O.Cl. The number of nitrogens with one attached hydrogen (secondary N) is 1. The van der Waals surface area contributed by atoms with Gasteiger partial charge in [-0.05, 0) is 18.6 Å². The van der Waals surface area contributed by atoms with E-state index in [-0.39, 0.29) is 30.3 Å². The molecule has 8 heteroatoms. The first-order valence-corrected chi connectivity index (χ1v) is 7.89. The number of unbranched alkanes of at least 4 members (excludes halogenated alkanes) is 1. The van der Waals surface area contributed by atoms with Crippen molar-refractivity contribution in [2.45, 2.75) is 36.6 Å². The Morgan fingerprint density at radius 2 is 1.90 bits per heavy atom. The zero-order chi connectivity index (χ0) is 15.2. The zero-order valence-corrected chi connectivity index (χ0v) is 13.4. The molecule has 4 N–H and O–H groups in total. The highest BCUT2D eigenvalue weighted by Crippen LogP contribution is 2.18. The van der Waals surface area contributed by atoms with Crippen LogP contribution < -0.4 is 10.5 Å². The first-order chi connectivity index (χ1) is 9.38. The summed E-state index contributed by atoms with van der Waals surface area (Å²) in [4.78, 5) is 11.5. The molecule has 0 saturated heterocycles. The average molecular weight is 337 g/mol. The Morgan fingerprint density at radius 1 is 1.33 bits per heavy atom. The number of aliphatic carboxylic acids is 1.